The number of aliphatic hydroxyl groups excluding tert-OH is 1. The highest BCUT2D eigenvalue weighted by Gasteiger charge is 2.46. The van der Waals surface area contributed by atoms with Crippen LogP contribution in [0, 0.1) is 41.4 Å². The first-order valence-electron chi connectivity index (χ1n) is 31.8. The van der Waals surface area contributed by atoms with Crippen LogP contribution in [0.5, 0.6) is 0 Å². The highest BCUT2D eigenvalue weighted by atomic mass is 19.4. The van der Waals surface area contributed by atoms with E-state index in [2.05, 4.69) is 21.3 Å². The number of carbonyl (C=O) groups is 12. The molecule has 6 N–H and O–H groups in total. The second kappa shape index (κ2) is 38.3. The maximum atomic E-state index is 15.1. The molecule has 1 rings (SSSR count). The quantitative estimate of drug-likeness (QED) is 0.127. The van der Waals surface area contributed by atoms with Crippen LogP contribution in [0.3, 0.4) is 0 Å². The fourth-order valence-corrected chi connectivity index (χ4v) is 10.7. The van der Waals surface area contributed by atoms with Crippen LogP contribution in [0.1, 0.15) is 156 Å². The van der Waals surface area contributed by atoms with Gasteiger partial charge < -0.3 is 65.8 Å². The molecular weight excluding hydrogens is 1200 g/mol. The third-order valence-corrected chi connectivity index (χ3v) is 16.3. The van der Waals surface area contributed by atoms with Gasteiger partial charge in [-0.05, 0) is 101 Å². The van der Waals surface area contributed by atoms with Crippen molar-refractivity contribution >= 4 is 70.9 Å². The largest absolute Gasteiger partial charge is 0.490 e. The predicted molar refractivity (Wildman–Crippen MR) is 342 cm³/mol. The molecule has 1 aliphatic heterocycles. The van der Waals surface area contributed by atoms with Gasteiger partial charge in [-0.2, -0.15) is 13.2 Å². The van der Waals surface area contributed by atoms with E-state index in [1.54, 1.807) is 54.5 Å². The summed E-state index contributed by atoms with van der Waals surface area (Å²) in [7, 11) is 9.92. The van der Waals surface area contributed by atoms with Crippen LogP contribution in [0.25, 0.3) is 0 Å². The summed E-state index contributed by atoms with van der Waals surface area (Å²) in [5.74, 6) is -12.5. The van der Waals surface area contributed by atoms with Crippen LogP contribution < -0.4 is 21.3 Å². The van der Waals surface area contributed by atoms with Crippen molar-refractivity contribution in [2.75, 3.05) is 55.9 Å². The molecule has 0 aromatic heterocycles. The monoisotopic (exact) mass is 1320 g/mol. The Kier molecular flexibility index (Phi) is 35.5. The molecule has 28 heteroatoms. The molecular formula is C64H112F3N11O14. The van der Waals surface area contributed by atoms with Crippen LogP contribution in [0.4, 0.5) is 13.2 Å². The van der Waals surface area contributed by atoms with E-state index in [0.29, 0.717) is 6.42 Å². The van der Waals surface area contributed by atoms with Crippen LogP contribution >= 0.6 is 0 Å². The van der Waals surface area contributed by atoms with Gasteiger partial charge in [0.25, 0.3) is 0 Å². The smallest absolute Gasteiger partial charge is 0.475 e. The zero-order valence-electron chi connectivity index (χ0n) is 59.1. The number of carbonyl (C=O) groups excluding carboxylic acids is 11. The number of alkyl halides is 3. The fraction of sp³-hybridized carbons (Fsp3) is 0.781. The number of hydrogen-bond donors (Lipinski definition) is 6. The number of allylic oxidation sites excluding steroid dienone is 2. The first-order chi connectivity index (χ1) is 42.2. The summed E-state index contributed by atoms with van der Waals surface area (Å²) in [4.78, 5) is 177. The van der Waals surface area contributed by atoms with Crippen molar-refractivity contribution in [3.8, 4) is 0 Å². The van der Waals surface area contributed by atoms with Crippen LogP contribution in [0.15, 0.2) is 12.2 Å². The van der Waals surface area contributed by atoms with Crippen molar-refractivity contribution in [3.63, 3.8) is 0 Å². The fourth-order valence-electron chi connectivity index (χ4n) is 10.7. The molecule has 0 spiro atoms. The summed E-state index contributed by atoms with van der Waals surface area (Å²) in [5.41, 5.74) is 0. The number of amides is 11. The standard InChI is InChI=1S/C62H111N11O12.C2HF3O2/c1-25-27-28-40(15)52(75)51-56(79)65-43(26-2)58(81)67(18)33-48(74)68(19)44(29-34(3)4)55(78)66-49(38(11)12)61(84)69(20)45(30-35(5)6)54(77)63-41(16)53(76)64-42(17)57(80)70(21)46(31-36(7)8)59(82)71(22)47(32-37(9)10)60(83)72(23)50(39(13)14)62(85)73(51)24;3-2(4,5)1(6)7/h25,27,34-47,49-52,75H,26,28-33H2,1-24H3,(H,63,77)(H,64,76)(H,65,79)(H,66,78);(H,6,7)/b27-25+;/t40-,41+,42-,43+,44+,45+,46+,47+,49+,50+,51+,52-;/m1./s1. The number of carboxylic acids is 1. The SMILES string of the molecule is C/C=C/C[C@@H](C)[C@@H](O)[C@H]1C(=O)N[C@@H](CC)C(=O)N(C)CC(=O)N(C)[C@@H](CC(C)C)C(=O)N[C@@H](C(C)C)C(=O)N(C)[C@@H](CC(C)C)C(=O)N[C@@H](C)C(=O)N[C@H](C)C(=O)N(C)[C@@H](CC(C)C)C(=O)N(C)[C@@H](CC(C)C)C(=O)N(C)[C@@H](C(C)C)C(=O)N1C.O=C(O)C(F)(F)F. The zero-order valence-corrected chi connectivity index (χ0v) is 59.1. The van der Waals surface area contributed by atoms with Crippen LogP contribution in [-0.4, -0.2) is 244 Å². The minimum Gasteiger partial charge on any atom is -0.475 e. The van der Waals surface area contributed by atoms with E-state index in [9.17, 15) is 61.4 Å². The average Bonchev–Trinajstić information content (AvgIpc) is 0.864. The van der Waals surface area contributed by atoms with Crippen molar-refractivity contribution in [3.05, 3.63) is 12.2 Å². The number of rotatable bonds is 15. The Balaban J connectivity index is 0.0000111. The summed E-state index contributed by atoms with van der Waals surface area (Å²) in [6.07, 6.45) is -2.04. The molecule has 0 unspecified atom stereocenters. The minimum atomic E-state index is -5.08. The Bertz CT molecular complexity index is 2550. The van der Waals surface area contributed by atoms with Crippen molar-refractivity contribution < 1.29 is 80.9 Å². The lowest BCUT2D eigenvalue weighted by atomic mass is 9.91. The van der Waals surface area contributed by atoms with E-state index >= 15 is 9.59 Å². The molecule has 0 aromatic rings. The number of nitrogens with one attached hydrogen (secondary N) is 4. The van der Waals surface area contributed by atoms with Gasteiger partial charge >= 0.3 is 12.1 Å². The van der Waals surface area contributed by atoms with E-state index in [1.807, 2.05) is 61.5 Å². The summed E-state index contributed by atoms with van der Waals surface area (Å²) < 4.78 is 31.7. The molecule has 0 radical (unpaired) electrons. The zero-order chi connectivity index (χ0) is 72.1. The normalized spacial score (nSPS) is 25.7. The Morgan fingerprint density at radius 2 is 0.902 bits per heavy atom. The second-order valence-corrected chi connectivity index (χ2v) is 26.9. The molecule has 1 fully saturated rings. The molecule has 92 heavy (non-hydrogen) atoms. The van der Waals surface area contributed by atoms with Gasteiger partial charge in [0.15, 0.2) is 0 Å². The number of aliphatic hydroxyl groups is 1. The van der Waals surface area contributed by atoms with Gasteiger partial charge in [0.2, 0.25) is 65.0 Å². The minimum absolute atomic E-state index is 0.0229. The first-order valence-corrected chi connectivity index (χ1v) is 31.8. The van der Waals surface area contributed by atoms with E-state index in [4.69, 9.17) is 9.90 Å². The number of likely N-dealkylation sites (N-methyl/N-ethyl adjacent to an activating group) is 7. The molecule has 1 heterocycles. The highest BCUT2D eigenvalue weighted by molar-refractivity contribution is 5.99. The molecule has 0 bridgehead atoms. The van der Waals surface area contributed by atoms with Crippen LogP contribution in [-0.2, 0) is 57.5 Å². The van der Waals surface area contributed by atoms with Crippen molar-refractivity contribution in [1.82, 2.24) is 55.6 Å². The Hall–Kier alpha value is -6.87. The van der Waals surface area contributed by atoms with Gasteiger partial charge in [-0.3, -0.25) is 52.7 Å². The Morgan fingerprint density at radius 3 is 1.32 bits per heavy atom. The molecule has 0 aromatic carbocycles. The highest BCUT2D eigenvalue weighted by Crippen LogP contribution is 2.26. The van der Waals surface area contributed by atoms with Crippen molar-refractivity contribution in [2.24, 2.45) is 41.4 Å². The maximum absolute atomic E-state index is 15.1. The van der Waals surface area contributed by atoms with Gasteiger partial charge in [-0.15, -0.1) is 0 Å². The van der Waals surface area contributed by atoms with Gasteiger partial charge in [-0.1, -0.05) is 109 Å². The molecule has 11 amide bonds. The van der Waals surface area contributed by atoms with Gasteiger partial charge in [0, 0.05) is 49.3 Å². The van der Waals surface area contributed by atoms with Crippen molar-refractivity contribution in [1.29, 1.82) is 0 Å². The third-order valence-electron chi connectivity index (χ3n) is 16.3. The Labute approximate surface area is 544 Å². The molecule has 1 saturated heterocycles. The van der Waals surface area contributed by atoms with Crippen LogP contribution in [0.2, 0.25) is 0 Å². The first kappa shape index (κ1) is 85.1. The Morgan fingerprint density at radius 1 is 0.511 bits per heavy atom. The predicted octanol–water partition coefficient (Wildman–Crippen LogP) is 3.90. The summed E-state index contributed by atoms with van der Waals surface area (Å²) >= 11 is 0. The molecule has 25 nitrogen and oxygen atoms in total. The van der Waals surface area contributed by atoms with Gasteiger partial charge in [0.1, 0.15) is 60.4 Å². The summed E-state index contributed by atoms with van der Waals surface area (Å²) in [5, 5.41) is 30.2. The molecule has 12 atom stereocenters. The molecule has 1 aliphatic rings. The van der Waals surface area contributed by atoms with Gasteiger partial charge in [-0.25, -0.2) is 4.79 Å². The van der Waals surface area contributed by atoms with E-state index in [0.717, 1.165) is 9.80 Å². The maximum Gasteiger partial charge on any atom is 0.490 e. The van der Waals surface area contributed by atoms with Crippen molar-refractivity contribution in [2.45, 2.75) is 229 Å². The number of hydrogen-bond acceptors (Lipinski definition) is 13. The number of carboxylic acid groups (broad SMARTS) is 1. The molecule has 0 saturated carbocycles. The summed E-state index contributed by atoms with van der Waals surface area (Å²) in [6, 6.07) is -12.3. The lowest BCUT2D eigenvalue weighted by molar-refractivity contribution is -0.192. The van der Waals surface area contributed by atoms with E-state index in [1.165, 1.54) is 87.7 Å². The van der Waals surface area contributed by atoms with E-state index < -0.39 is 168 Å². The second-order valence-electron chi connectivity index (χ2n) is 26.9. The summed E-state index contributed by atoms with van der Waals surface area (Å²) in [6.45, 7) is 29.3. The van der Waals surface area contributed by atoms with Gasteiger partial charge in [0.05, 0.1) is 12.6 Å². The lowest BCUT2D eigenvalue weighted by Gasteiger charge is -2.41. The number of aliphatic carboxylic acids is 1. The molecule has 528 valence electrons. The van der Waals surface area contributed by atoms with E-state index in [-0.39, 0.29) is 55.8 Å². The lowest BCUT2D eigenvalue weighted by Crippen LogP contribution is -2.63. The topological polar surface area (TPSA) is 316 Å². The number of nitrogens with zero attached hydrogens (tertiary/aromatic N) is 7. The molecule has 0 aliphatic carbocycles. The average molecular weight is 1320 g/mol. The number of halogens is 3. The third kappa shape index (κ3) is 25.2.